The number of halogens is 1. The minimum Gasteiger partial charge on any atom is -0.379 e. The molecule has 0 aliphatic carbocycles. The molecule has 1 saturated heterocycles. The van der Waals surface area contributed by atoms with Crippen LogP contribution in [0.4, 0.5) is 0 Å². The SMILES string of the molecule is C/C(=N/NC(=O)c1ccc(CN2CCOCC2)cc1)c1cccc(Br)c1. The van der Waals surface area contributed by atoms with Crippen molar-refractivity contribution in [2.45, 2.75) is 13.5 Å². The first kappa shape index (κ1) is 18.8. The average molecular weight is 416 g/mol. The van der Waals surface area contributed by atoms with Crippen molar-refractivity contribution in [3.05, 3.63) is 69.7 Å². The zero-order valence-corrected chi connectivity index (χ0v) is 16.3. The van der Waals surface area contributed by atoms with Gasteiger partial charge in [0.25, 0.3) is 5.91 Å². The van der Waals surface area contributed by atoms with E-state index in [0.717, 1.165) is 48.6 Å². The average Bonchev–Trinajstić information content (AvgIpc) is 2.67. The lowest BCUT2D eigenvalue weighted by Crippen LogP contribution is -2.35. The van der Waals surface area contributed by atoms with E-state index in [0.29, 0.717) is 5.56 Å². The van der Waals surface area contributed by atoms with Crippen LogP contribution in [-0.4, -0.2) is 42.8 Å². The number of ether oxygens (including phenoxy) is 1. The Bertz CT molecular complexity index is 784. The molecule has 0 saturated carbocycles. The summed E-state index contributed by atoms with van der Waals surface area (Å²) in [6.45, 7) is 6.22. The summed E-state index contributed by atoms with van der Waals surface area (Å²) >= 11 is 3.44. The van der Waals surface area contributed by atoms with Gasteiger partial charge in [0.1, 0.15) is 0 Å². The number of rotatable bonds is 5. The number of nitrogens with zero attached hydrogens (tertiary/aromatic N) is 2. The fourth-order valence-corrected chi connectivity index (χ4v) is 3.16. The molecule has 6 heteroatoms. The van der Waals surface area contributed by atoms with Crippen LogP contribution < -0.4 is 5.43 Å². The number of hydrogen-bond acceptors (Lipinski definition) is 4. The summed E-state index contributed by atoms with van der Waals surface area (Å²) in [4.78, 5) is 14.6. The van der Waals surface area contributed by atoms with Crippen molar-refractivity contribution < 1.29 is 9.53 Å². The topological polar surface area (TPSA) is 53.9 Å². The molecule has 0 aromatic heterocycles. The monoisotopic (exact) mass is 415 g/mol. The van der Waals surface area contributed by atoms with Crippen LogP contribution in [0.25, 0.3) is 0 Å². The molecule has 0 bridgehead atoms. The second-order valence-corrected chi connectivity index (χ2v) is 7.15. The van der Waals surface area contributed by atoms with Crippen LogP contribution >= 0.6 is 15.9 Å². The minimum atomic E-state index is -0.211. The van der Waals surface area contributed by atoms with Gasteiger partial charge in [0.05, 0.1) is 18.9 Å². The van der Waals surface area contributed by atoms with Crippen LogP contribution in [0.1, 0.15) is 28.4 Å². The van der Waals surface area contributed by atoms with Gasteiger partial charge in [-0.2, -0.15) is 5.10 Å². The summed E-state index contributed by atoms with van der Waals surface area (Å²) in [5.74, 6) is -0.211. The Morgan fingerprint density at radius 3 is 2.58 bits per heavy atom. The Labute approximate surface area is 162 Å². The lowest BCUT2D eigenvalue weighted by molar-refractivity contribution is 0.0342. The van der Waals surface area contributed by atoms with E-state index in [1.165, 1.54) is 5.56 Å². The van der Waals surface area contributed by atoms with Gasteiger partial charge in [-0.15, -0.1) is 0 Å². The smallest absolute Gasteiger partial charge is 0.271 e. The first-order valence-corrected chi connectivity index (χ1v) is 9.41. The number of hydrazone groups is 1. The molecular weight excluding hydrogens is 394 g/mol. The highest BCUT2D eigenvalue weighted by Gasteiger charge is 2.11. The largest absolute Gasteiger partial charge is 0.379 e. The van der Waals surface area contributed by atoms with Crippen LogP contribution in [0.15, 0.2) is 58.1 Å². The predicted octanol–water partition coefficient (Wildman–Crippen LogP) is 3.44. The number of nitrogens with one attached hydrogen (secondary N) is 1. The second-order valence-electron chi connectivity index (χ2n) is 6.23. The molecule has 1 N–H and O–H groups in total. The molecule has 5 nitrogen and oxygen atoms in total. The highest BCUT2D eigenvalue weighted by molar-refractivity contribution is 9.10. The lowest BCUT2D eigenvalue weighted by atomic mass is 10.1. The fraction of sp³-hybridized carbons (Fsp3) is 0.300. The minimum absolute atomic E-state index is 0.211. The Morgan fingerprint density at radius 1 is 1.15 bits per heavy atom. The molecule has 136 valence electrons. The van der Waals surface area contributed by atoms with Crippen molar-refractivity contribution in [1.29, 1.82) is 0 Å². The number of carbonyl (C=O) groups is 1. The van der Waals surface area contributed by atoms with Crippen LogP contribution in [0.3, 0.4) is 0 Å². The Balaban J connectivity index is 1.58. The zero-order chi connectivity index (χ0) is 18.4. The van der Waals surface area contributed by atoms with E-state index in [4.69, 9.17) is 4.74 Å². The molecule has 26 heavy (non-hydrogen) atoms. The predicted molar refractivity (Wildman–Crippen MR) is 106 cm³/mol. The molecule has 1 fully saturated rings. The van der Waals surface area contributed by atoms with Gasteiger partial charge in [0.15, 0.2) is 0 Å². The summed E-state index contributed by atoms with van der Waals surface area (Å²) in [6, 6.07) is 15.5. The maximum absolute atomic E-state index is 12.3. The van der Waals surface area contributed by atoms with Gasteiger partial charge < -0.3 is 4.74 Å². The fourth-order valence-electron chi connectivity index (χ4n) is 2.76. The normalized spacial score (nSPS) is 15.7. The third-order valence-corrected chi connectivity index (χ3v) is 4.79. The molecule has 0 spiro atoms. The number of amides is 1. The molecule has 1 heterocycles. The van der Waals surface area contributed by atoms with Gasteiger partial charge in [0, 0.05) is 29.7 Å². The highest BCUT2D eigenvalue weighted by atomic mass is 79.9. The molecule has 0 unspecified atom stereocenters. The maximum Gasteiger partial charge on any atom is 0.271 e. The highest BCUT2D eigenvalue weighted by Crippen LogP contribution is 2.12. The van der Waals surface area contributed by atoms with Gasteiger partial charge in [-0.25, -0.2) is 5.43 Å². The molecule has 2 aromatic rings. The van der Waals surface area contributed by atoms with E-state index in [-0.39, 0.29) is 5.91 Å². The van der Waals surface area contributed by atoms with E-state index in [1.807, 2.05) is 55.5 Å². The van der Waals surface area contributed by atoms with Gasteiger partial charge >= 0.3 is 0 Å². The quantitative estimate of drug-likeness (QED) is 0.600. The van der Waals surface area contributed by atoms with E-state index in [2.05, 4.69) is 31.4 Å². The number of carbonyl (C=O) groups excluding carboxylic acids is 1. The summed E-state index contributed by atoms with van der Waals surface area (Å²) in [7, 11) is 0. The van der Waals surface area contributed by atoms with Gasteiger partial charge in [-0.3, -0.25) is 9.69 Å². The first-order valence-electron chi connectivity index (χ1n) is 8.61. The zero-order valence-electron chi connectivity index (χ0n) is 14.7. The summed E-state index contributed by atoms with van der Waals surface area (Å²) in [5, 5.41) is 4.20. The van der Waals surface area contributed by atoms with Crippen LogP contribution in [0, 0.1) is 0 Å². The first-order chi connectivity index (χ1) is 12.6. The Kier molecular flexibility index (Phi) is 6.55. The van der Waals surface area contributed by atoms with Crippen molar-refractivity contribution in [3.8, 4) is 0 Å². The van der Waals surface area contributed by atoms with Gasteiger partial charge in [0.2, 0.25) is 0 Å². The van der Waals surface area contributed by atoms with Crippen molar-refractivity contribution in [2.24, 2.45) is 5.10 Å². The van der Waals surface area contributed by atoms with Crippen molar-refractivity contribution in [3.63, 3.8) is 0 Å². The maximum atomic E-state index is 12.3. The number of benzene rings is 2. The molecule has 0 radical (unpaired) electrons. The Hall–Kier alpha value is -2.02. The summed E-state index contributed by atoms with van der Waals surface area (Å²) < 4.78 is 6.34. The van der Waals surface area contributed by atoms with Gasteiger partial charge in [-0.1, -0.05) is 40.2 Å². The molecule has 2 aromatic carbocycles. The summed E-state index contributed by atoms with van der Waals surface area (Å²) in [6.07, 6.45) is 0. The molecule has 3 rings (SSSR count). The van der Waals surface area contributed by atoms with E-state index in [1.54, 1.807) is 0 Å². The molecule has 1 aliphatic rings. The summed E-state index contributed by atoms with van der Waals surface area (Å²) in [5.41, 5.74) is 6.13. The van der Waals surface area contributed by atoms with Crippen LogP contribution in [0.5, 0.6) is 0 Å². The third-order valence-electron chi connectivity index (χ3n) is 4.29. The van der Waals surface area contributed by atoms with Crippen molar-refractivity contribution >= 4 is 27.5 Å². The van der Waals surface area contributed by atoms with E-state index in [9.17, 15) is 4.79 Å². The lowest BCUT2D eigenvalue weighted by Gasteiger charge is -2.26. The van der Waals surface area contributed by atoms with Crippen LogP contribution in [0.2, 0.25) is 0 Å². The standard InChI is InChI=1S/C20H22BrN3O2/c1-15(18-3-2-4-19(21)13-18)22-23-20(25)17-7-5-16(6-8-17)14-24-9-11-26-12-10-24/h2-8,13H,9-12,14H2,1H3,(H,23,25)/b22-15-. The third kappa shape index (κ3) is 5.24. The van der Waals surface area contributed by atoms with E-state index >= 15 is 0 Å². The van der Waals surface area contributed by atoms with Crippen molar-refractivity contribution in [1.82, 2.24) is 10.3 Å². The molecule has 0 atom stereocenters. The number of hydrogen-bond donors (Lipinski definition) is 1. The molecule has 1 aliphatic heterocycles. The van der Waals surface area contributed by atoms with Crippen molar-refractivity contribution in [2.75, 3.05) is 26.3 Å². The Morgan fingerprint density at radius 2 is 1.88 bits per heavy atom. The second kappa shape index (κ2) is 9.07. The van der Waals surface area contributed by atoms with Crippen LogP contribution in [-0.2, 0) is 11.3 Å². The molecule has 1 amide bonds. The van der Waals surface area contributed by atoms with E-state index < -0.39 is 0 Å². The number of morpholine rings is 1. The molecular formula is C20H22BrN3O2. The van der Waals surface area contributed by atoms with Gasteiger partial charge in [-0.05, 0) is 42.3 Å².